The van der Waals surface area contributed by atoms with Gasteiger partial charge in [-0.05, 0) is 31.0 Å². The van der Waals surface area contributed by atoms with Gasteiger partial charge in [0.15, 0.2) is 0 Å². The second kappa shape index (κ2) is 5.40. The van der Waals surface area contributed by atoms with E-state index < -0.39 is 0 Å². The Bertz CT molecular complexity index is 478. The van der Waals surface area contributed by atoms with E-state index in [1.165, 1.54) is 0 Å². The van der Waals surface area contributed by atoms with E-state index in [1.807, 2.05) is 6.92 Å². The molecule has 0 bridgehead atoms. The van der Waals surface area contributed by atoms with Crippen LogP contribution in [0.25, 0.3) is 0 Å². The van der Waals surface area contributed by atoms with Gasteiger partial charge in [-0.15, -0.1) is 0 Å². The molecule has 1 aliphatic rings. The highest BCUT2D eigenvalue weighted by Gasteiger charge is 2.21. The van der Waals surface area contributed by atoms with Crippen molar-refractivity contribution < 1.29 is 9.59 Å². The molecule has 18 heavy (non-hydrogen) atoms. The average molecular weight is 267 g/mol. The van der Waals surface area contributed by atoms with Gasteiger partial charge in [-0.25, -0.2) is 0 Å². The van der Waals surface area contributed by atoms with E-state index in [0.29, 0.717) is 30.0 Å². The lowest BCUT2D eigenvalue weighted by Crippen LogP contribution is -2.47. The molecule has 1 aromatic carbocycles. The summed E-state index contributed by atoms with van der Waals surface area (Å²) in [5, 5.41) is 6.23. The molecule has 1 aromatic rings. The van der Waals surface area contributed by atoms with Crippen LogP contribution in [0.2, 0.25) is 5.02 Å². The van der Waals surface area contributed by atoms with Crippen LogP contribution >= 0.6 is 11.6 Å². The van der Waals surface area contributed by atoms with Crippen LogP contribution in [0.15, 0.2) is 18.2 Å². The van der Waals surface area contributed by atoms with Crippen LogP contribution in [0.4, 0.5) is 0 Å². The Labute approximate surface area is 111 Å². The summed E-state index contributed by atoms with van der Waals surface area (Å²) < 4.78 is 0. The van der Waals surface area contributed by atoms with Crippen LogP contribution in [0.5, 0.6) is 0 Å². The SMILES string of the molecule is Cc1c(Cl)cccc1C(=O)NC1CCC(=O)NC1. The van der Waals surface area contributed by atoms with Crippen LogP contribution in [0.1, 0.15) is 28.8 Å². The predicted molar refractivity (Wildman–Crippen MR) is 69.7 cm³/mol. The molecule has 0 aromatic heterocycles. The highest BCUT2D eigenvalue weighted by molar-refractivity contribution is 6.31. The zero-order valence-electron chi connectivity index (χ0n) is 10.1. The van der Waals surface area contributed by atoms with Crippen molar-refractivity contribution >= 4 is 23.4 Å². The number of carbonyl (C=O) groups is 2. The average Bonchev–Trinajstić information content (AvgIpc) is 2.35. The van der Waals surface area contributed by atoms with E-state index >= 15 is 0 Å². The fourth-order valence-corrected chi connectivity index (χ4v) is 2.15. The molecule has 96 valence electrons. The second-order valence-corrected chi connectivity index (χ2v) is 4.83. The number of rotatable bonds is 2. The Morgan fingerprint density at radius 1 is 1.50 bits per heavy atom. The fourth-order valence-electron chi connectivity index (χ4n) is 1.97. The lowest BCUT2D eigenvalue weighted by molar-refractivity contribution is -0.122. The zero-order chi connectivity index (χ0) is 13.1. The standard InChI is InChI=1S/C13H15ClN2O2/c1-8-10(3-2-4-11(8)14)13(18)16-9-5-6-12(17)15-7-9/h2-4,9H,5-7H2,1H3,(H,15,17)(H,16,18). The largest absolute Gasteiger partial charge is 0.354 e. The third-order valence-electron chi connectivity index (χ3n) is 3.11. The molecule has 2 N–H and O–H groups in total. The molecule has 2 amide bonds. The molecule has 1 aliphatic heterocycles. The van der Waals surface area contributed by atoms with Gasteiger partial charge in [0, 0.05) is 29.6 Å². The third kappa shape index (κ3) is 2.82. The summed E-state index contributed by atoms with van der Waals surface area (Å²) in [5.74, 6) is -0.101. The Balaban J connectivity index is 2.03. The van der Waals surface area contributed by atoms with E-state index in [4.69, 9.17) is 11.6 Å². The maximum Gasteiger partial charge on any atom is 0.251 e. The summed E-state index contributed by atoms with van der Waals surface area (Å²) in [6.45, 7) is 2.31. The molecule has 1 heterocycles. The van der Waals surface area contributed by atoms with E-state index in [2.05, 4.69) is 10.6 Å². The number of amides is 2. The van der Waals surface area contributed by atoms with Crippen molar-refractivity contribution in [2.24, 2.45) is 0 Å². The van der Waals surface area contributed by atoms with Crippen molar-refractivity contribution in [2.45, 2.75) is 25.8 Å². The smallest absolute Gasteiger partial charge is 0.251 e. The van der Waals surface area contributed by atoms with Gasteiger partial charge < -0.3 is 10.6 Å². The molecule has 5 heteroatoms. The van der Waals surface area contributed by atoms with Gasteiger partial charge in [0.05, 0.1) is 0 Å². The van der Waals surface area contributed by atoms with Crippen LogP contribution in [-0.4, -0.2) is 24.4 Å². The number of halogens is 1. The first-order valence-corrected chi connectivity index (χ1v) is 6.28. The van der Waals surface area contributed by atoms with Gasteiger partial charge in [-0.1, -0.05) is 17.7 Å². The lowest BCUT2D eigenvalue weighted by atomic mass is 10.0. The van der Waals surface area contributed by atoms with Gasteiger partial charge in [-0.3, -0.25) is 9.59 Å². The minimum atomic E-state index is -0.142. The quantitative estimate of drug-likeness (QED) is 0.855. The Hall–Kier alpha value is -1.55. The van der Waals surface area contributed by atoms with Crippen molar-refractivity contribution in [1.29, 1.82) is 0 Å². The number of benzene rings is 1. The maximum atomic E-state index is 12.1. The third-order valence-corrected chi connectivity index (χ3v) is 3.52. The molecule has 2 rings (SSSR count). The minimum Gasteiger partial charge on any atom is -0.354 e. The lowest BCUT2D eigenvalue weighted by Gasteiger charge is -2.23. The normalized spacial score (nSPS) is 19.2. The van der Waals surface area contributed by atoms with Crippen molar-refractivity contribution in [1.82, 2.24) is 10.6 Å². The summed E-state index contributed by atoms with van der Waals surface area (Å²) >= 11 is 5.98. The molecular weight excluding hydrogens is 252 g/mol. The summed E-state index contributed by atoms with van der Waals surface area (Å²) in [5.41, 5.74) is 1.36. The highest BCUT2D eigenvalue weighted by Crippen LogP contribution is 2.18. The van der Waals surface area contributed by atoms with Crippen molar-refractivity contribution in [2.75, 3.05) is 6.54 Å². The summed E-state index contributed by atoms with van der Waals surface area (Å²) in [6, 6.07) is 5.26. The molecule has 1 unspecified atom stereocenters. The second-order valence-electron chi connectivity index (χ2n) is 4.43. The molecule has 1 saturated heterocycles. The molecule has 4 nitrogen and oxygen atoms in total. The Kier molecular flexibility index (Phi) is 3.87. The van der Waals surface area contributed by atoms with E-state index in [9.17, 15) is 9.59 Å². The van der Waals surface area contributed by atoms with Crippen LogP contribution in [0, 0.1) is 6.92 Å². The molecule has 1 fully saturated rings. The van der Waals surface area contributed by atoms with Gasteiger partial charge in [-0.2, -0.15) is 0 Å². The number of hydrogen-bond acceptors (Lipinski definition) is 2. The fraction of sp³-hybridized carbons (Fsp3) is 0.385. The first-order chi connectivity index (χ1) is 8.58. The van der Waals surface area contributed by atoms with Crippen molar-refractivity contribution in [3.63, 3.8) is 0 Å². The number of nitrogens with one attached hydrogen (secondary N) is 2. The Morgan fingerprint density at radius 3 is 2.94 bits per heavy atom. The van der Waals surface area contributed by atoms with E-state index in [0.717, 1.165) is 5.56 Å². The minimum absolute atomic E-state index is 0.00594. The zero-order valence-corrected chi connectivity index (χ0v) is 10.9. The molecule has 0 saturated carbocycles. The van der Waals surface area contributed by atoms with Gasteiger partial charge in [0.1, 0.15) is 0 Å². The topological polar surface area (TPSA) is 58.2 Å². The first-order valence-electron chi connectivity index (χ1n) is 5.90. The van der Waals surface area contributed by atoms with Crippen molar-refractivity contribution in [3.8, 4) is 0 Å². The molecule has 1 atom stereocenters. The van der Waals surface area contributed by atoms with Crippen LogP contribution in [-0.2, 0) is 4.79 Å². The summed E-state index contributed by atoms with van der Waals surface area (Å²) in [7, 11) is 0. The van der Waals surface area contributed by atoms with Crippen molar-refractivity contribution in [3.05, 3.63) is 34.3 Å². The molecule has 0 radical (unpaired) electrons. The molecule has 0 aliphatic carbocycles. The van der Waals surface area contributed by atoms with Crippen LogP contribution < -0.4 is 10.6 Å². The van der Waals surface area contributed by atoms with E-state index in [1.54, 1.807) is 18.2 Å². The van der Waals surface area contributed by atoms with Gasteiger partial charge in [0.25, 0.3) is 5.91 Å². The molecular formula is C13H15ClN2O2. The Morgan fingerprint density at radius 2 is 2.28 bits per heavy atom. The highest BCUT2D eigenvalue weighted by atomic mass is 35.5. The monoisotopic (exact) mass is 266 g/mol. The predicted octanol–water partition coefficient (Wildman–Crippen LogP) is 1.66. The van der Waals surface area contributed by atoms with Gasteiger partial charge >= 0.3 is 0 Å². The maximum absolute atomic E-state index is 12.1. The summed E-state index contributed by atoms with van der Waals surface area (Å²) in [4.78, 5) is 23.1. The number of carbonyl (C=O) groups excluding carboxylic acids is 2. The summed E-state index contributed by atoms with van der Waals surface area (Å²) in [6.07, 6.45) is 1.14. The number of hydrogen-bond donors (Lipinski definition) is 2. The molecule has 0 spiro atoms. The first kappa shape index (κ1) is 12.9. The van der Waals surface area contributed by atoms with Gasteiger partial charge in [0.2, 0.25) is 5.91 Å². The van der Waals surface area contributed by atoms with E-state index in [-0.39, 0.29) is 17.9 Å². The number of piperidine rings is 1. The van der Waals surface area contributed by atoms with Crippen LogP contribution in [0.3, 0.4) is 0 Å².